The minimum atomic E-state index is -0.539. The number of aromatic nitrogens is 2. The molecule has 0 aromatic carbocycles. The number of esters is 1. The summed E-state index contributed by atoms with van der Waals surface area (Å²) in [6.07, 6.45) is 1.38. The number of aryl methyl sites for hydroxylation is 1. The second-order valence-corrected chi connectivity index (χ2v) is 2.08. The van der Waals surface area contributed by atoms with Gasteiger partial charge in [0.05, 0.1) is 7.11 Å². The molecule has 0 radical (unpaired) electrons. The summed E-state index contributed by atoms with van der Waals surface area (Å²) in [5.41, 5.74) is -0.162. The highest BCUT2D eigenvalue weighted by molar-refractivity contribution is 5.86. The van der Waals surface area contributed by atoms with Crippen LogP contribution in [0.4, 0.5) is 0 Å². The SMILES string of the molecule is COC(=O)c1cn(C)c(=O)[nH]1. The minimum Gasteiger partial charge on any atom is -0.464 e. The van der Waals surface area contributed by atoms with Crippen LogP contribution in [0, 0.1) is 0 Å². The normalized spacial score (nSPS) is 9.64. The number of hydrogen-bond acceptors (Lipinski definition) is 3. The van der Waals surface area contributed by atoms with Crippen LogP contribution in [0.1, 0.15) is 10.5 Å². The Morgan fingerprint density at radius 2 is 2.36 bits per heavy atom. The molecule has 0 spiro atoms. The number of H-pyrrole nitrogens is 1. The Hall–Kier alpha value is -1.52. The van der Waals surface area contributed by atoms with E-state index < -0.39 is 5.97 Å². The van der Waals surface area contributed by atoms with Crippen molar-refractivity contribution in [2.75, 3.05) is 7.11 Å². The molecule has 0 unspecified atom stereocenters. The summed E-state index contributed by atoms with van der Waals surface area (Å²) in [4.78, 5) is 23.9. The molecule has 0 saturated carbocycles. The van der Waals surface area contributed by atoms with Gasteiger partial charge in [-0.2, -0.15) is 0 Å². The summed E-state index contributed by atoms with van der Waals surface area (Å²) >= 11 is 0. The van der Waals surface area contributed by atoms with Gasteiger partial charge in [-0.25, -0.2) is 9.59 Å². The number of methoxy groups -OCH3 is 1. The van der Waals surface area contributed by atoms with Crippen molar-refractivity contribution in [3.05, 3.63) is 22.4 Å². The number of rotatable bonds is 1. The highest BCUT2D eigenvalue weighted by atomic mass is 16.5. The fourth-order valence-corrected chi connectivity index (χ4v) is 0.702. The number of aromatic amines is 1. The van der Waals surface area contributed by atoms with Crippen molar-refractivity contribution >= 4 is 5.97 Å². The molecule has 0 aliphatic rings. The molecular formula is C6H8N2O3. The van der Waals surface area contributed by atoms with Crippen LogP contribution in [0.3, 0.4) is 0 Å². The van der Waals surface area contributed by atoms with Gasteiger partial charge in [0.15, 0.2) is 0 Å². The molecule has 1 heterocycles. The Kier molecular flexibility index (Phi) is 1.80. The van der Waals surface area contributed by atoms with Gasteiger partial charge >= 0.3 is 11.7 Å². The van der Waals surface area contributed by atoms with E-state index in [2.05, 4.69) is 9.72 Å². The molecule has 1 rings (SSSR count). The number of imidazole rings is 1. The molecule has 1 aromatic rings. The van der Waals surface area contributed by atoms with Gasteiger partial charge in [-0.15, -0.1) is 0 Å². The predicted octanol–water partition coefficient (Wildman–Crippen LogP) is -0.500. The Morgan fingerprint density at radius 1 is 1.73 bits per heavy atom. The van der Waals surface area contributed by atoms with E-state index in [1.54, 1.807) is 7.05 Å². The Balaban J connectivity index is 3.07. The van der Waals surface area contributed by atoms with E-state index in [9.17, 15) is 9.59 Å². The maximum atomic E-state index is 10.8. The first-order valence-corrected chi connectivity index (χ1v) is 2.99. The van der Waals surface area contributed by atoms with Crippen LogP contribution in [0.15, 0.2) is 11.0 Å². The zero-order chi connectivity index (χ0) is 8.43. The molecule has 1 aromatic heterocycles. The highest BCUT2D eigenvalue weighted by Crippen LogP contribution is 1.91. The minimum absolute atomic E-state index is 0.167. The molecule has 0 saturated heterocycles. The van der Waals surface area contributed by atoms with Crippen molar-refractivity contribution < 1.29 is 9.53 Å². The molecule has 60 valence electrons. The summed E-state index contributed by atoms with van der Waals surface area (Å²) in [7, 11) is 2.80. The van der Waals surface area contributed by atoms with Gasteiger partial charge in [0.2, 0.25) is 0 Å². The number of hydrogen-bond donors (Lipinski definition) is 1. The number of ether oxygens (including phenoxy) is 1. The van der Waals surface area contributed by atoms with Gasteiger partial charge in [-0.1, -0.05) is 0 Å². The second-order valence-electron chi connectivity index (χ2n) is 2.08. The van der Waals surface area contributed by atoms with Crippen molar-refractivity contribution in [1.82, 2.24) is 9.55 Å². The summed E-state index contributed by atoms with van der Waals surface area (Å²) in [5, 5.41) is 0. The average molecular weight is 156 g/mol. The average Bonchev–Trinajstić information content (AvgIpc) is 2.31. The van der Waals surface area contributed by atoms with Gasteiger partial charge in [-0.3, -0.25) is 0 Å². The summed E-state index contributed by atoms with van der Waals surface area (Å²) in [5.74, 6) is -0.539. The molecule has 0 fully saturated rings. The molecule has 0 bridgehead atoms. The van der Waals surface area contributed by atoms with Crippen LogP contribution in [-0.4, -0.2) is 22.6 Å². The zero-order valence-corrected chi connectivity index (χ0v) is 6.25. The van der Waals surface area contributed by atoms with Gasteiger partial charge in [0.1, 0.15) is 5.69 Å². The molecule has 11 heavy (non-hydrogen) atoms. The van der Waals surface area contributed by atoms with Gasteiger partial charge < -0.3 is 14.3 Å². The quantitative estimate of drug-likeness (QED) is 0.557. The first kappa shape index (κ1) is 7.59. The maximum Gasteiger partial charge on any atom is 0.356 e. The molecule has 0 aliphatic carbocycles. The Bertz CT molecular complexity index is 323. The third-order valence-electron chi connectivity index (χ3n) is 1.29. The number of carbonyl (C=O) groups excluding carboxylic acids is 1. The highest BCUT2D eigenvalue weighted by Gasteiger charge is 2.08. The van der Waals surface area contributed by atoms with Crippen molar-refractivity contribution in [1.29, 1.82) is 0 Å². The summed E-state index contributed by atoms with van der Waals surface area (Å²) in [6.45, 7) is 0. The van der Waals surface area contributed by atoms with Gasteiger partial charge in [0.25, 0.3) is 0 Å². The van der Waals surface area contributed by atoms with Crippen molar-refractivity contribution in [3.63, 3.8) is 0 Å². The largest absolute Gasteiger partial charge is 0.464 e. The second kappa shape index (κ2) is 2.61. The van der Waals surface area contributed by atoms with E-state index in [1.165, 1.54) is 17.9 Å². The van der Waals surface area contributed by atoms with E-state index >= 15 is 0 Å². The number of nitrogens with one attached hydrogen (secondary N) is 1. The van der Waals surface area contributed by atoms with Crippen LogP contribution >= 0.6 is 0 Å². The molecule has 0 aliphatic heterocycles. The lowest BCUT2D eigenvalue weighted by molar-refractivity contribution is 0.0594. The van der Waals surface area contributed by atoms with Crippen molar-refractivity contribution in [3.8, 4) is 0 Å². The van der Waals surface area contributed by atoms with Crippen LogP contribution in [0.25, 0.3) is 0 Å². The van der Waals surface area contributed by atoms with E-state index in [-0.39, 0.29) is 11.4 Å². The van der Waals surface area contributed by atoms with Crippen molar-refractivity contribution in [2.24, 2.45) is 7.05 Å². The topological polar surface area (TPSA) is 64.1 Å². The van der Waals surface area contributed by atoms with Gasteiger partial charge in [0, 0.05) is 13.2 Å². The first-order valence-electron chi connectivity index (χ1n) is 2.99. The third-order valence-corrected chi connectivity index (χ3v) is 1.29. The lowest BCUT2D eigenvalue weighted by Crippen LogP contribution is -2.12. The standard InChI is InChI=1S/C6H8N2O3/c1-8-3-4(5(9)11-2)7-6(8)10/h3H,1-2H3,(H,7,10). The smallest absolute Gasteiger partial charge is 0.356 e. The van der Waals surface area contributed by atoms with Crippen LogP contribution < -0.4 is 5.69 Å². The molecule has 0 atom stereocenters. The van der Waals surface area contributed by atoms with E-state index in [0.717, 1.165) is 0 Å². The molecule has 0 amide bonds. The maximum absolute atomic E-state index is 10.8. The lowest BCUT2D eigenvalue weighted by atomic mass is 10.5. The van der Waals surface area contributed by atoms with Gasteiger partial charge in [-0.05, 0) is 0 Å². The fraction of sp³-hybridized carbons (Fsp3) is 0.333. The van der Waals surface area contributed by atoms with Crippen LogP contribution in [-0.2, 0) is 11.8 Å². The fourth-order valence-electron chi connectivity index (χ4n) is 0.702. The summed E-state index contributed by atoms with van der Waals surface area (Å²) < 4.78 is 5.65. The molecular weight excluding hydrogens is 148 g/mol. The Morgan fingerprint density at radius 3 is 2.73 bits per heavy atom. The van der Waals surface area contributed by atoms with Crippen molar-refractivity contribution in [2.45, 2.75) is 0 Å². The third kappa shape index (κ3) is 1.31. The lowest BCUT2D eigenvalue weighted by Gasteiger charge is -1.90. The number of nitrogens with zero attached hydrogens (tertiary/aromatic N) is 1. The number of carbonyl (C=O) groups is 1. The van der Waals surface area contributed by atoms with Crippen LogP contribution in [0.2, 0.25) is 0 Å². The monoisotopic (exact) mass is 156 g/mol. The Labute approximate surface area is 62.6 Å². The van der Waals surface area contributed by atoms with Crippen LogP contribution in [0.5, 0.6) is 0 Å². The van der Waals surface area contributed by atoms with E-state index in [0.29, 0.717) is 0 Å². The summed E-state index contributed by atoms with van der Waals surface area (Å²) in [6, 6.07) is 0. The van der Waals surface area contributed by atoms with E-state index in [4.69, 9.17) is 0 Å². The van der Waals surface area contributed by atoms with E-state index in [1.807, 2.05) is 0 Å². The molecule has 5 nitrogen and oxygen atoms in total. The predicted molar refractivity (Wildman–Crippen MR) is 37.4 cm³/mol. The first-order chi connectivity index (χ1) is 5.15. The molecule has 1 N–H and O–H groups in total. The molecule has 5 heteroatoms. The zero-order valence-electron chi connectivity index (χ0n) is 6.25.